The van der Waals surface area contributed by atoms with Crippen LogP contribution in [0.1, 0.15) is 55.7 Å². The fraction of sp³-hybridized carbons (Fsp3) is 0.462. The van der Waals surface area contributed by atoms with E-state index in [-0.39, 0.29) is 29.1 Å². The number of carbonyl (C=O) groups excluding carboxylic acids is 1. The van der Waals surface area contributed by atoms with E-state index in [1.165, 1.54) is 5.01 Å². The lowest BCUT2D eigenvalue weighted by molar-refractivity contribution is -0.133. The van der Waals surface area contributed by atoms with E-state index in [0.717, 1.165) is 49.7 Å². The van der Waals surface area contributed by atoms with Gasteiger partial charge in [0.05, 0.1) is 4.90 Å². The third-order valence-electron chi connectivity index (χ3n) is 6.61. The monoisotopic (exact) mass is 499 g/mol. The molecule has 35 heavy (non-hydrogen) atoms. The lowest BCUT2D eigenvalue weighted by Gasteiger charge is -2.29. The number of nitrogens with two attached hydrogens (primary N) is 1. The fourth-order valence-corrected chi connectivity index (χ4v) is 5.70. The smallest absolute Gasteiger partial charge is 0.241 e. The molecule has 8 nitrogen and oxygen atoms in total. The van der Waals surface area contributed by atoms with Crippen LogP contribution in [0.4, 0.5) is 0 Å². The van der Waals surface area contributed by atoms with Crippen molar-refractivity contribution in [2.75, 3.05) is 14.1 Å². The van der Waals surface area contributed by atoms with Gasteiger partial charge in [0.1, 0.15) is 11.9 Å². The number of amidine groups is 1. The molecule has 0 unspecified atom stereocenters. The van der Waals surface area contributed by atoms with E-state index < -0.39 is 16.1 Å². The predicted molar refractivity (Wildman–Crippen MR) is 138 cm³/mol. The van der Waals surface area contributed by atoms with Gasteiger partial charge in [-0.3, -0.25) is 15.2 Å². The van der Waals surface area contributed by atoms with Crippen LogP contribution in [0.3, 0.4) is 0 Å². The van der Waals surface area contributed by atoms with Gasteiger partial charge < -0.3 is 4.90 Å². The predicted octanol–water partition coefficient (Wildman–Crippen LogP) is 3.06. The van der Waals surface area contributed by atoms with Crippen LogP contribution in [-0.2, 0) is 27.7 Å². The largest absolute Gasteiger partial charge is 0.341 e. The number of hydrogen-bond acceptors (Lipinski definition) is 5. The molecule has 0 bridgehead atoms. The molecule has 0 aliphatic heterocycles. The summed E-state index contributed by atoms with van der Waals surface area (Å²) in [6, 6.07) is 13.1. The van der Waals surface area contributed by atoms with Crippen molar-refractivity contribution in [1.82, 2.24) is 14.6 Å². The summed E-state index contributed by atoms with van der Waals surface area (Å²) in [7, 11) is -0.546. The normalized spacial score (nSPS) is 15.1. The molecule has 2 aromatic rings. The van der Waals surface area contributed by atoms with Gasteiger partial charge in [0, 0.05) is 25.7 Å². The molecule has 1 amide bonds. The number of rotatable bonds is 10. The van der Waals surface area contributed by atoms with E-state index >= 15 is 0 Å². The zero-order valence-corrected chi connectivity index (χ0v) is 21.6. The Bertz CT molecular complexity index is 1110. The third-order valence-corrected chi connectivity index (χ3v) is 8.10. The average molecular weight is 500 g/mol. The summed E-state index contributed by atoms with van der Waals surface area (Å²) in [5.74, 6) is 5.58. The second-order valence-electron chi connectivity index (χ2n) is 9.32. The number of sulfonamides is 1. The molecule has 9 heteroatoms. The first kappa shape index (κ1) is 26.8. The number of likely N-dealkylation sites (N-methyl/N-ethyl adjacent to an activating group) is 1. The van der Waals surface area contributed by atoms with Gasteiger partial charge in [-0.25, -0.2) is 14.3 Å². The molecule has 0 saturated heterocycles. The zero-order chi connectivity index (χ0) is 25.6. The van der Waals surface area contributed by atoms with Crippen molar-refractivity contribution < 1.29 is 13.2 Å². The third kappa shape index (κ3) is 6.90. The van der Waals surface area contributed by atoms with Crippen LogP contribution in [0.15, 0.2) is 53.4 Å². The van der Waals surface area contributed by atoms with E-state index in [9.17, 15) is 13.2 Å². The molecule has 0 aromatic heterocycles. The molecule has 1 aliphatic rings. The average Bonchev–Trinajstić information content (AvgIpc) is 3.38. The van der Waals surface area contributed by atoms with Crippen LogP contribution in [0.5, 0.6) is 0 Å². The maximum atomic E-state index is 13.5. The lowest BCUT2D eigenvalue weighted by Crippen LogP contribution is -2.50. The molecular formula is C26H37N5O3S. The van der Waals surface area contributed by atoms with Crippen molar-refractivity contribution in [1.29, 1.82) is 5.41 Å². The Kier molecular flexibility index (Phi) is 9.04. The summed E-state index contributed by atoms with van der Waals surface area (Å²) in [5.41, 5.74) is 2.51. The standard InChI is InChI=1S/C26H37N5O3S/c1-4-7-19-12-16-23(17-13-19)35(33,34)29-24(26(32)30(2)22-8-5-6-9-22)18-20-10-14-21(15-11-20)25(27)31(3)28/h10-17,22,24,27,29H,4-9,18,28H2,1-3H3/t24-/m0/s1. The molecule has 4 N–H and O–H groups in total. The molecule has 1 fully saturated rings. The van der Waals surface area contributed by atoms with E-state index in [4.69, 9.17) is 11.3 Å². The number of benzene rings is 2. The number of carbonyl (C=O) groups is 1. The van der Waals surface area contributed by atoms with E-state index in [2.05, 4.69) is 11.6 Å². The second kappa shape index (κ2) is 11.8. The maximum absolute atomic E-state index is 13.5. The SMILES string of the molecule is CCCc1ccc(S(=O)(=O)N[C@@H](Cc2ccc(C(=N)N(C)N)cc2)C(=O)N(C)C2CCCC2)cc1. The summed E-state index contributed by atoms with van der Waals surface area (Å²) >= 11 is 0. The molecule has 190 valence electrons. The summed E-state index contributed by atoms with van der Waals surface area (Å²) in [6.07, 6.45) is 6.09. The minimum Gasteiger partial charge on any atom is -0.341 e. The number of hydrogen-bond donors (Lipinski definition) is 3. The van der Waals surface area contributed by atoms with Crippen LogP contribution < -0.4 is 10.6 Å². The Labute approximate surface area is 209 Å². The van der Waals surface area contributed by atoms with Crippen LogP contribution >= 0.6 is 0 Å². The van der Waals surface area contributed by atoms with Crippen molar-refractivity contribution in [3.05, 3.63) is 65.2 Å². The summed E-state index contributed by atoms with van der Waals surface area (Å²) in [4.78, 5) is 15.3. The Morgan fingerprint density at radius 1 is 1.06 bits per heavy atom. The van der Waals surface area contributed by atoms with Crippen LogP contribution in [0.2, 0.25) is 0 Å². The first-order chi connectivity index (χ1) is 16.6. The van der Waals surface area contributed by atoms with Gasteiger partial charge in [0.2, 0.25) is 15.9 Å². The first-order valence-electron chi connectivity index (χ1n) is 12.2. The van der Waals surface area contributed by atoms with Gasteiger partial charge in [-0.15, -0.1) is 0 Å². The summed E-state index contributed by atoms with van der Waals surface area (Å²) in [6.45, 7) is 2.08. The number of nitrogens with one attached hydrogen (secondary N) is 2. The molecule has 1 saturated carbocycles. The highest BCUT2D eigenvalue weighted by Gasteiger charge is 2.32. The second-order valence-corrected chi connectivity index (χ2v) is 11.0. The van der Waals surface area contributed by atoms with Crippen LogP contribution in [0, 0.1) is 5.41 Å². The molecule has 0 spiro atoms. The minimum atomic E-state index is -3.90. The zero-order valence-electron chi connectivity index (χ0n) is 20.8. The fourth-order valence-electron chi connectivity index (χ4n) is 4.51. The van der Waals surface area contributed by atoms with Crippen molar-refractivity contribution in [2.24, 2.45) is 5.84 Å². The molecule has 0 radical (unpaired) electrons. The van der Waals surface area contributed by atoms with Crippen molar-refractivity contribution in [3.8, 4) is 0 Å². The van der Waals surface area contributed by atoms with E-state index in [0.29, 0.717) is 5.56 Å². The number of amides is 1. The lowest BCUT2D eigenvalue weighted by atomic mass is 10.0. The van der Waals surface area contributed by atoms with Gasteiger partial charge in [-0.1, -0.05) is 62.6 Å². The Morgan fingerprint density at radius 2 is 1.63 bits per heavy atom. The number of hydrazine groups is 1. The summed E-state index contributed by atoms with van der Waals surface area (Å²) < 4.78 is 29.2. The molecule has 0 heterocycles. The van der Waals surface area contributed by atoms with Crippen molar-refractivity contribution in [3.63, 3.8) is 0 Å². The Morgan fingerprint density at radius 3 is 2.17 bits per heavy atom. The minimum absolute atomic E-state index is 0.130. The highest BCUT2D eigenvalue weighted by molar-refractivity contribution is 7.89. The van der Waals surface area contributed by atoms with Gasteiger partial charge in [0.15, 0.2) is 0 Å². The molecule has 2 aromatic carbocycles. The highest BCUT2D eigenvalue weighted by atomic mass is 32.2. The Balaban J connectivity index is 1.84. The van der Waals surface area contributed by atoms with Crippen molar-refractivity contribution in [2.45, 2.75) is 68.8 Å². The molecule has 3 rings (SSSR count). The van der Waals surface area contributed by atoms with Crippen LogP contribution in [-0.4, -0.2) is 56.2 Å². The van der Waals surface area contributed by atoms with Crippen molar-refractivity contribution >= 4 is 21.8 Å². The highest BCUT2D eigenvalue weighted by Crippen LogP contribution is 2.24. The van der Waals surface area contributed by atoms with E-state index in [1.807, 2.05) is 12.1 Å². The topological polar surface area (TPSA) is 120 Å². The Hall–Kier alpha value is -2.75. The molecule has 1 atom stereocenters. The summed E-state index contributed by atoms with van der Waals surface area (Å²) in [5, 5.41) is 9.24. The number of aryl methyl sites for hydroxylation is 1. The van der Waals surface area contributed by atoms with Gasteiger partial charge >= 0.3 is 0 Å². The van der Waals surface area contributed by atoms with Gasteiger partial charge in [-0.2, -0.15) is 4.72 Å². The molecular weight excluding hydrogens is 462 g/mol. The van der Waals surface area contributed by atoms with Crippen LogP contribution in [0.25, 0.3) is 0 Å². The quantitative estimate of drug-likeness (QED) is 0.201. The first-order valence-corrected chi connectivity index (χ1v) is 13.6. The van der Waals surface area contributed by atoms with E-state index in [1.54, 1.807) is 55.4 Å². The molecule has 1 aliphatic carbocycles. The maximum Gasteiger partial charge on any atom is 0.241 e. The number of nitrogens with zero attached hydrogens (tertiary/aromatic N) is 2. The van der Waals surface area contributed by atoms with Gasteiger partial charge in [0.25, 0.3) is 0 Å². The van der Waals surface area contributed by atoms with Gasteiger partial charge in [-0.05, 0) is 48.9 Å².